The molecule has 2 amide bonds. The molecule has 136 valence electrons. The average Bonchev–Trinajstić information content (AvgIpc) is 3.03. The van der Waals surface area contributed by atoms with Crippen LogP contribution in [0.5, 0.6) is 5.75 Å². The first-order valence-electron chi connectivity index (χ1n) is 9.22. The molecule has 0 aromatic heterocycles. The van der Waals surface area contributed by atoms with E-state index < -0.39 is 5.60 Å². The van der Waals surface area contributed by atoms with Gasteiger partial charge < -0.3 is 20.3 Å². The molecule has 5 nitrogen and oxygen atoms in total. The minimum atomic E-state index is -0.401. The first kappa shape index (κ1) is 16.6. The third kappa shape index (κ3) is 3.19. The van der Waals surface area contributed by atoms with Gasteiger partial charge in [0, 0.05) is 30.6 Å². The van der Waals surface area contributed by atoms with Crippen LogP contribution in [0.15, 0.2) is 18.2 Å². The molecule has 3 heterocycles. The molecule has 3 atom stereocenters. The zero-order valence-electron chi connectivity index (χ0n) is 14.8. The first-order valence-corrected chi connectivity index (χ1v) is 9.22. The van der Waals surface area contributed by atoms with Crippen LogP contribution in [0.4, 0.5) is 9.18 Å². The van der Waals surface area contributed by atoms with E-state index >= 15 is 0 Å². The maximum absolute atomic E-state index is 13.7. The highest BCUT2D eigenvalue weighted by Crippen LogP contribution is 2.40. The molecule has 0 radical (unpaired) electrons. The number of nitrogens with one attached hydrogen (secondary N) is 2. The van der Waals surface area contributed by atoms with E-state index in [1.54, 1.807) is 6.07 Å². The van der Waals surface area contributed by atoms with E-state index in [2.05, 4.69) is 10.6 Å². The number of urea groups is 1. The Balaban J connectivity index is 1.55. The third-order valence-corrected chi connectivity index (χ3v) is 5.61. The van der Waals surface area contributed by atoms with Crippen LogP contribution in [0.25, 0.3) is 0 Å². The monoisotopic (exact) mass is 347 g/mol. The molecule has 25 heavy (non-hydrogen) atoms. The lowest BCUT2D eigenvalue weighted by Crippen LogP contribution is -2.55. The molecule has 0 spiro atoms. The fraction of sp³-hybridized carbons (Fsp3) is 0.632. The summed E-state index contributed by atoms with van der Waals surface area (Å²) in [5, 5.41) is 6.64. The molecule has 0 aliphatic carbocycles. The van der Waals surface area contributed by atoms with Gasteiger partial charge in [-0.3, -0.25) is 0 Å². The molecule has 1 unspecified atom stereocenters. The second-order valence-corrected chi connectivity index (χ2v) is 8.00. The maximum atomic E-state index is 13.7. The number of likely N-dealkylation sites (tertiary alicyclic amines) is 1. The van der Waals surface area contributed by atoms with Crippen molar-refractivity contribution in [2.45, 2.75) is 63.3 Å². The van der Waals surface area contributed by atoms with Gasteiger partial charge in [-0.2, -0.15) is 0 Å². The zero-order chi connectivity index (χ0) is 17.6. The molecule has 3 aliphatic rings. The summed E-state index contributed by atoms with van der Waals surface area (Å²) in [6.07, 6.45) is 3.77. The van der Waals surface area contributed by atoms with Gasteiger partial charge in [0.15, 0.2) is 0 Å². The topological polar surface area (TPSA) is 53.6 Å². The van der Waals surface area contributed by atoms with Gasteiger partial charge in [-0.1, -0.05) is 0 Å². The summed E-state index contributed by atoms with van der Waals surface area (Å²) < 4.78 is 19.7. The van der Waals surface area contributed by atoms with Crippen molar-refractivity contribution in [1.82, 2.24) is 15.5 Å². The lowest BCUT2D eigenvalue weighted by Gasteiger charge is -2.41. The Hall–Kier alpha value is -1.82. The predicted octanol–water partition coefficient (Wildman–Crippen LogP) is 2.96. The number of carbonyl (C=O) groups is 1. The number of benzene rings is 1. The number of halogens is 1. The van der Waals surface area contributed by atoms with E-state index in [0.717, 1.165) is 37.9 Å². The zero-order valence-corrected chi connectivity index (χ0v) is 14.8. The molecular weight excluding hydrogens is 321 g/mol. The Labute approximate surface area is 147 Å². The molecule has 0 bridgehead atoms. The predicted molar refractivity (Wildman–Crippen MR) is 93.1 cm³/mol. The smallest absolute Gasteiger partial charge is 0.318 e. The lowest BCUT2D eigenvalue weighted by atomic mass is 9.89. The number of hydrogen-bond acceptors (Lipinski definition) is 3. The van der Waals surface area contributed by atoms with Crippen LogP contribution >= 0.6 is 0 Å². The fourth-order valence-electron chi connectivity index (χ4n) is 4.51. The van der Waals surface area contributed by atoms with Crippen LogP contribution in [0.1, 0.15) is 51.1 Å². The minimum absolute atomic E-state index is 0.0451. The summed E-state index contributed by atoms with van der Waals surface area (Å²) in [5.74, 6) is 0.348. The Morgan fingerprint density at radius 1 is 1.40 bits per heavy atom. The van der Waals surface area contributed by atoms with Gasteiger partial charge in [0.25, 0.3) is 0 Å². The number of amides is 2. The van der Waals surface area contributed by atoms with Crippen molar-refractivity contribution in [1.29, 1.82) is 0 Å². The molecule has 0 saturated carbocycles. The first-order chi connectivity index (χ1) is 11.9. The van der Waals surface area contributed by atoms with E-state index in [0.29, 0.717) is 18.2 Å². The number of nitrogens with zero attached hydrogens (tertiary/aromatic N) is 1. The molecule has 1 aromatic carbocycles. The second-order valence-electron chi connectivity index (χ2n) is 8.00. The van der Waals surface area contributed by atoms with E-state index in [9.17, 15) is 9.18 Å². The van der Waals surface area contributed by atoms with Crippen molar-refractivity contribution < 1.29 is 13.9 Å². The SMILES string of the molecule is CC1(C)CC(NC(=O)N2CCC[C@@H]3NCC[C@@H]32)c2cc(F)ccc2O1. The van der Waals surface area contributed by atoms with Crippen LogP contribution in [0.3, 0.4) is 0 Å². The summed E-state index contributed by atoms with van der Waals surface area (Å²) in [5.41, 5.74) is 0.327. The van der Waals surface area contributed by atoms with Crippen LogP contribution < -0.4 is 15.4 Å². The number of carbonyl (C=O) groups excluding carboxylic acids is 1. The largest absolute Gasteiger partial charge is 0.487 e. The van der Waals surface area contributed by atoms with Crippen molar-refractivity contribution >= 4 is 6.03 Å². The Morgan fingerprint density at radius 2 is 2.24 bits per heavy atom. The summed E-state index contributed by atoms with van der Waals surface area (Å²) >= 11 is 0. The summed E-state index contributed by atoms with van der Waals surface area (Å²) in [7, 11) is 0. The van der Waals surface area contributed by atoms with Crippen molar-refractivity contribution in [3.05, 3.63) is 29.6 Å². The van der Waals surface area contributed by atoms with Crippen LogP contribution in [-0.4, -0.2) is 41.7 Å². The number of fused-ring (bicyclic) bond motifs is 2. The molecule has 3 aliphatic heterocycles. The number of rotatable bonds is 1. The van der Waals surface area contributed by atoms with Crippen LogP contribution in [0.2, 0.25) is 0 Å². The van der Waals surface area contributed by atoms with E-state index in [1.807, 2.05) is 18.7 Å². The van der Waals surface area contributed by atoms with Gasteiger partial charge in [-0.15, -0.1) is 0 Å². The second kappa shape index (κ2) is 6.16. The van der Waals surface area contributed by atoms with Gasteiger partial charge in [0.2, 0.25) is 0 Å². The number of hydrogen-bond donors (Lipinski definition) is 2. The van der Waals surface area contributed by atoms with E-state index in [1.165, 1.54) is 12.1 Å². The highest BCUT2D eigenvalue weighted by atomic mass is 19.1. The summed E-state index contributed by atoms with van der Waals surface area (Å²) in [4.78, 5) is 14.9. The molecule has 1 aromatic rings. The lowest BCUT2D eigenvalue weighted by molar-refractivity contribution is 0.0645. The Morgan fingerprint density at radius 3 is 3.08 bits per heavy atom. The van der Waals surface area contributed by atoms with Gasteiger partial charge in [0.05, 0.1) is 6.04 Å². The number of ether oxygens (including phenoxy) is 1. The summed E-state index contributed by atoms with van der Waals surface area (Å²) in [6, 6.07) is 4.93. The molecule has 2 saturated heterocycles. The van der Waals surface area contributed by atoms with Gasteiger partial charge in [0.1, 0.15) is 17.2 Å². The fourth-order valence-corrected chi connectivity index (χ4v) is 4.51. The average molecular weight is 347 g/mol. The van der Waals surface area contributed by atoms with Crippen molar-refractivity contribution in [3.8, 4) is 5.75 Å². The van der Waals surface area contributed by atoms with Crippen molar-refractivity contribution in [2.24, 2.45) is 0 Å². The van der Waals surface area contributed by atoms with Crippen molar-refractivity contribution in [2.75, 3.05) is 13.1 Å². The molecular formula is C19H26FN3O2. The van der Waals surface area contributed by atoms with Gasteiger partial charge in [-0.05, 0) is 57.9 Å². The highest BCUT2D eigenvalue weighted by molar-refractivity contribution is 5.75. The molecule has 2 fully saturated rings. The normalized spacial score (nSPS) is 30.2. The highest BCUT2D eigenvalue weighted by Gasteiger charge is 2.40. The van der Waals surface area contributed by atoms with Gasteiger partial charge in [-0.25, -0.2) is 9.18 Å². The standard InChI is InChI=1S/C19H26FN3O2/c1-19(2)11-15(13-10-12(20)5-6-17(13)25-19)22-18(24)23-9-3-4-14-16(23)7-8-21-14/h5-6,10,14-16,21H,3-4,7-9,11H2,1-2H3,(H,22,24)/t14-,15?,16-/m0/s1. The molecule has 2 N–H and O–H groups in total. The van der Waals surface area contributed by atoms with Crippen molar-refractivity contribution in [3.63, 3.8) is 0 Å². The maximum Gasteiger partial charge on any atom is 0.318 e. The van der Waals surface area contributed by atoms with E-state index in [-0.39, 0.29) is 23.9 Å². The van der Waals surface area contributed by atoms with Gasteiger partial charge >= 0.3 is 6.03 Å². The Kier molecular flexibility index (Phi) is 4.10. The van der Waals surface area contributed by atoms with E-state index in [4.69, 9.17) is 4.74 Å². The molecule has 6 heteroatoms. The van der Waals surface area contributed by atoms with Crippen LogP contribution in [0, 0.1) is 5.82 Å². The molecule has 4 rings (SSSR count). The Bertz CT molecular complexity index is 679. The summed E-state index contributed by atoms with van der Waals surface area (Å²) in [6.45, 7) is 5.75. The minimum Gasteiger partial charge on any atom is -0.487 e. The number of piperidine rings is 1. The van der Waals surface area contributed by atoms with Crippen LogP contribution in [-0.2, 0) is 0 Å². The third-order valence-electron chi connectivity index (χ3n) is 5.61. The quantitative estimate of drug-likeness (QED) is 0.821.